The molecular weight excluding hydrogens is 326 g/mol. The van der Waals surface area contributed by atoms with Crippen LogP contribution in [0.25, 0.3) is 0 Å². The Morgan fingerprint density at radius 2 is 2.12 bits per heavy atom. The number of carbonyl (C=O) groups is 1. The lowest BCUT2D eigenvalue weighted by Gasteiger charge is -2.24. The average molecular weight is 350 g/mol. The van der Waals surface area contributed by atoms with Crippen molar-refractivity contribution in [3.63, 3.8) is 0 Å². The van der Waals surface area contributed by atoms with Crippen molar-refractivity contribution < 1.29 is 4.79 Å². The maximum atomic E-state index is 12.2. The molecular formula is C17H24ClN5O. The van der Waals surface area contributed by atoms with E-state index >= 15 is 0 Å². The van der Waals surface area contributed by atoms with Gasteiger partial charge in [-0.2, -0.15) is 5.10 Å². The van der Waals surface area contributed by atoms with Crippen molar-refractivity contribution in [3.8, 4) is 0 Å². The molecule has 7 heteroatoms. The highest BCUT2D eigenvalue weighted by Gasteiger charge is 2.17. The van der Waals surface area contributed by atoms with Crippen LogP contribution in [0, 0.1) is 0 Å². The Hall–Kier alpha value is -2.05. The van der Waals surface area contributed by atoms with Crippen LogP contribution >= 0.6 is 11.6 Å². The van der Waals surface area contributed by atoms with E-state index in [2.05, 4.69) is 20.6 Å². The van der Waals surface area contributed by atoms with Gasteiger partial charge < -0.3 is 15.5 Å². The van der Waals surface area contributed by atoms with Gasteiger partial charge >= 0.3 is 6.03 Å². The largest absolute Gasteiger partial charge is 0.336 e. The van der Waals surface area contributed by atoms with Gasteiger partial charge in [-0.1, -0.05) is 23.7 Å². The van der Waals surface area contributed by atoms with Gasteiger partial charge in [-0.3, -0.25) is 4.68 Å². The minimum atomic E-state index is -0.210. The van der Waals surface area contributed by atoms with Crippen molar-refractivity contribution in [2.24, 2.45) is 7.05 Å². The lowest BCUT2D eigenvalue weighted by molar-refractivity contribution is 0.230. The van der Waals surface area contributed by atoms with E-state index in [9.17, 15) is 4.79 Å². The summed E-state index contributed by atoms with van der Waals surface area (Å²) < 4.78 is 1.76. The Balaban J connectivity index is 1.91. The maximum absolute atomic E-state index is 12.2. The van der Waals surface area contributed by atoms with Gasteiger partial charge in [0.15, 0.2) is 0 Å². The molecule has 24 heavy (non-hydrogen) atoms. The van der Waals surface area contributed by atoms with Crippen LogP contribution in [0.2, 0.25) is 5.02 Å². The summed E-state index contributed by atoms with van der Waals surface area (Å²) in [4.78, 5) is 14.2. The van der Waals surface area contributed by atoms with Gasteiger partial charge in [-0.15, -0.1) is 0 Å². The van der Waals surface area contributed by atoms with Crippen LogP contribution in [0.3, 0.4) is 0 Å². The van der Waals surface area contributed by atoms with Crippen molar-refractivity contribution in [2.75, 3.05) is 20.6 Å². The van der Waals surface area contributed by atoms with E-state index < -0.39 is 0 Å². The number of benzene rings is 1. The highest BCUT2D eigenvalue weighted by atomic mass is 35.5. The third-order valence-corrected chi connectivity index (χ3v) is 4.12. The van der Waals surface area contributed by atoms with Crippen molar-refractivity contribution in [3.05, 3.63) is 52.8 Å². The molecule has 0 saturated carbocycles. The Kier molecular flexibility index (Phi) is 6.23. The number of nitrogens with zero attached hydrogens (tertiary/aromatic N) is 3. The molecule has 2 amide bonds. The van der Waals surface area contributed by atoms with Crippen LogP contribution in [0.15, 0.2) is 36.7 Å². The molecule has 0 radical (unpaired) electrons. The predicted octanol–water partition coefficient (Wildman–Crippen LogP) is 2.74. The van der Waals surface area contributed by atoms with Crippen LogP contribution in [0.4, 0.5) is 4.79 Å². The van der Waals surface area contributed by atoms with Gasteiger partial charge in [0.25, 0.3) is 0 Å². The van der Waals surface area contributed by atoms with Crippen molar-refractivity contribution in [2.45, 2.75) is 19.0 Å². The first-order valence-electron chi connectivity index (χ1n) is 7.81. The molecule has 0 aliphatic rings. The number of likely N-dealkylation sites (N-methyl/N-ethyl adjacent to an activating group) is 1. The van der Waals surface area contributed by atoms with E-state index in [0.29, 0.717) is 11.6 Å². The van der Waals surface area contributed by atoms with Gasteiger partial charge in [0.05, 0.1) is 18.3 Å². The number of halogens is 1. The SMILES string of the molecule is C[C@H](NC(=O)NC[C@H](c1cnn(C)c1)N(C)C)c1cccc(Cl)c1. The van der Waals surface area contributed by atoms with Crippen LogP contribution in [-0.2, 0) is 7.05 Å². The summed E-state index contributed by atoms with van der Waals surface area (Å²) in [7, 11) is 5.83. The number of aromatic nitrogens is 2. The molecule has 0 fully saturated rings. The first-order chi connectivity index (χ1) is 11.4. The number of carbonyl (C=O) groups excluding carboxylic acids is 1. The first kappa shape index (κ1) is 18.3. The molecule has 2 N–H and O–H groups in total. The second-order valence-electron chi connectivity index (χ2n) is 6.06. The Morgan fingerprint density at radius 3 is 2.71 bits per heavy atom. The van der Waals surface area contributed by atoms with Crippen molar-refractivity contribution in [1.29, 1.82) is 0 Å². The lowest BCUT2D eigenvalue weighted by atomic mass is 10.1. The topological polar surface area (TPSA) is 62.2 Å². The third kappa shape index (κ3) is 4.97. The quantitative estimate of drug-likeness (QED) is 0.843. The molecule has 0 spiro atoms. The Bertz CT molecular complexity index is 685. The number of hydrogen-bond donors (Lipinski definition) is 2. The van der Waals surface area contributed by atoms with Crippen molar-refractivity contribution >= 4 is 17.6 Å². The molecule has 0 aliphatic heterocycles. The van der Waals surface area contributed by atoms with Crippen LogP contribution in [0.5, 0.6) is 0 Å². The fraction of sp³-hybridized carbons (Fsp3) is 0.412. The monoisotopic (exact) mass is 349 g/mol. The van der Waals surface area contributed by atoms with E-state index in [4.69, 9.17) is 11.6 Å². The summed E-state index contributed by atoms with van der Waals surface area (Å²) in [6, 6.07) is 7.20. The number of hydrogen-bond acceptors (Lipinski definition) is 3. The fourth-order valence-corrected chi connectivity index (χ4v) is 2.71. The minimum Gasteiger partial charge on any atom is -0.336 e. The lowest BCUT2D eigenvalue weighted by Crippen LogP contribution is -2.41. The zero-order valence-electron chi connectivity index (χ0n) is 14.5. The molecule has 1 heterocycles. The summed E-state index contributed by atoms with van der Waals surface area (Å²) in [6.45, 7) is 2.42. The van der Waals surface area contributed by atoms with Crippen LogP contribution in [-0.4, -0.2) is 41.4 Å². The number of aryl methyl sites for hydroxylation is 1. The van der Waals surface area contributed by atoms with Gasteiger partial charge in [0, 0.05) is 30.4 Å². The molecule has 130 valence electrons. The smallest absolute Gasteiger partial charge is 0.315 e. The molecule has 6 nitrogen and oxygen atoms in total. The van der Waals surface area contributed by atoms with Crippen LogP contribution < -0.4 is 10.6 Å². The van der Waals surface area contributed by atoms with Gasteiger partial charge in [-0.05, 0) is 38.7 Å². The summed E-state index contributed by atoms with van der Waals surface area (Å²) in [6.07, 6.45) is 3.78. The van der Waals surface area contributed by atoms with Gasteiger partial charge in [0.1, 0.15) is 0 Å². The number of amides is 2. The molecule has 0 aliphatic carbocycles. The zero-order chi connectivity index (χ0) is 17.7. The molecule has 2 aromatic rings. The van der Waals surface area contributed by atoms with E-state index in [-0.39, 0.29) is 18.1 Å². The normalized spacial score (nSPS) is 13.6. The van der Waals surface area contributed by atoms with E-state index in [1.54, 1.807) is 4.68 Å². The van der Waals surface area contributed by atoms with E-state index in [1.165, 1.54) is 0 Å². The summed E-state index contributed by atoms with van der Waals surface area (Å²) in [5, 5.41) is 10.7. The summed E-state index contributed by atoms with van der Waals surface area (Å²) >= 11 is 5.99. The average Bonchev–Trinajstić information content (AvgIpc) is 2.93. The van der Waals surface area contributed by atoms with Gasteiger partial charge in [0.2, 0.25) is 0 Å². The Morgan fingerprint density at radius 1 is 1.38 bits per heavy atom. The standard InChI is InChI=1S/C17H24ClN5O/c1-12(13-6-5-7-15(18)8-13)21-17(24)19-10-16(22(2)3)14-9-20-23(4)11-14/h5-9,11-12,16H,10H2,1-4H3,(H2,19,21,24)/t12-,16+/m0/s1. The zero-order valence-corrected chi connectivity index (χ0v) is 15.2. The predicted molar refractivity (Wildman–Crippen MR) is 96.0 cm³/mol. The fourth-order valence-electron chi connectivity index (χ4n) is 2.51. The van der Waals surface area contributed by atoms with Crippen LogP contribution in [0.1, 0.15) is 30.1 Å². The molecule has 2 rings (SSSR count). The van der Waals surface area contributed by atoms with Gasteiger partial charge in [-0.25, -0.2) is 4.79 Å². The van der Waals surface area contributed by atoms with Crippen molar-refractivity contribution in [1.82, 2.24) is 25.3 Å². The summed E-state index contributed by atoms with van der Waals surface area (Å²) in [5.74, 6) is 0. The minimum absolute atomic E-state index is 0.0610. The molecule has 0 unspecified atom stereocenters. The first-order valence-corrected chi connectivity index (χ1v) is 8.19. The molecule has 1 aromatic carbocycles. The second-order valence-corrected chi connectivity index (χ2v) is 6.49. The maximum Gasteiger partial charge on any atom is 0.315 e. The Labute approximate surface area is 147 Å². The number of urea groups is 1. The van der Waals surface area contributed by atoms with E-state index in [0.717, 1.165) is 11.1 Å². The molecule has 1 aromatic heterocycles. The summed E-state index contributed by atoms with van der Waals surface area (Å²) in [5.41, 5.74) is 2.03. The van der Waals surface area contributed by atoms with E-state index in [1.807, 2.05) is 64.7 Å². The molecule has 2 atom stereocenters. The molecule has 0 saturated heterocycles. The number of nitrogens with one attached hydrogen (secondary N) is 2. The third-order valence-electron chi connectivity index (χ3n) is 3.89. The second kappa shape index (κ2) is 8.17. The highest BCUT2D eigenvalue weighted by Crippen LogP contribution is 2.18. The number of rotatable bonds is 6. The highest BCUT2D eigenvalue weighted by molar-refractivity contribution is 6.30. The molecule has 0 bridgehead atoms.